The molecular formula is C13H26N2OS. The second-order valence-corrected chi connectivity index (χ2v) is 7.61. The quantitative estimate of drug-likeness (QED) is 0.812. The summed E-state index contributed by atoms with van der Waals surface area (Å²) >= 11 is 1.71. The third kappa shape index (κ3) is 6.32. The number of thioether (sulfide) groups is 1. The topological polar surface area (TPSA) is 41.1 Å². The van der Waals surface area contributed by atoms with E-state index < -0.39 is 0 Å². The molecular weight excluding hydrogens is 232 g/mol. The van der Waals surface area contributed by atoms with E-state index in [0.29, 0.717) is 17.8 Å². The number of carbonyl (C=O) groups excluding carboxylic acids is 1. The van der Waals surface area contributed by atoms with Gasteiger partial charge in [0.05, 0.1) is 5.75 Å². The van der Waals surface area contributed by atoms with Gasteiger partial charge >= 0.3 is 0 Å². The van der Waals surface area contributed by atoms with Crippen LogP contribution < -0.4 is 10.6 Å². The molecule has 1 saturated carbocycles. The lowest BCUT2D eigenvalue weighted by Gasteiger charge is -2.29. The number of rotatable bonds is 4. The van der Waals surface area contributed by atoms with E-state index in [-0.39, 0.29) is 10.7 Å². The highest BCUT2D eigenvalue weighted by Gasteiger charge is 2.21. The molecule has 0 atom stereocenters. The van der Waals surface area contributed by atoms with Gasteiger partial charge in [-0.2, -0.15) is 0 Å². The van der Waals surface area contributed by atoms with Crippen LogP contribution in [0.4, 0.5) is 0 Å². The predicted octanol–water partition coefficient (Wildman–Crippen LogP) is 2.16. The maximum absolute atomic E-state index is 11.8. The number of hydrogen-bond donors (Lipinski definition) is 2. The van der Waals surface area contributed by atoms with Crippen LogP contribution in [0.15, 0.2) is 0 Å². The minimum Gasteiger partial charge on any atom is -0.353 e. The first kappa shape index (κ1) is 14.8. The summed E-state index contributed by atoms with van der Waals surface area (Å²) in [6, 6.07) is 1.04. The molecule has 0 aliphatic heterocycles. The Labute approximate surface area is 109 Å². The third-order valence-corrected chi connectivity index (χ3v) is 4.41. The molecule has 0 bridgehead atoms. The van der Waals surface area contributed by atoms with Crippen molar-refractivity contribution in [3.05, 3.63) is 0 Å². The van der Waals surface area contributed by atoms with Crippen molar-refractivity contribution in [2.75, 3.05) is 12.8 Å². The van der Waals surface area contributed by atoms with Crippen molar-refractivity contribution in [2.45, 2.75) is 63.3 Å². The van der Waals surface area contributed by atoms with Crippen LogP contribution >= 0.6 is 11.8 Å². The van der Waals surface area contributed by atoms with Gasteiger partial charge < -0.3 is 10.6 Å². The Morgan fingerprint density at radius 3 is 2.18 bits per heavy atom. The van der Waals surface area contributed by atoms with Crippen LogP contribution in [0.25, 0.3) is 0 Å². The highest BCUT2D eigenvalue weighted by molar-refractivity contribution is 8.01. The Kier molecular flexibility index (Phi) is 5.80. The standard InChI is InChI=1S/C13H26N2OS/c1-13(2,3)17-9-12(16)15-11-7-5-10(14-4)6-8-11/h10-11,14H,5-9H2,1-4H3,(H,15,16). The van der Waals surface area contributed by atoms with E-state index in [0.717, 1.165) is 12.8 Å². The molecule has 2 N–H and O–H groups in total. The number of nitrogens with one attached hydrogen (secondary N) is 2. The van der Waals surface area contributed by atoms with Crippen molar-refractivity contribution in [3.8, 4) is 0 Å². The summed E-state index contributed by atoms with van der Waals surface area (Å²) in [5.74, 6) is 0.771. The summed E-state index contributed by atoms with van der Waals surface area (Å²) in [6.07, 6.45) is 4.57. The highest BCUT2D eigenvalue weighted by Crippen LogP contribution is 2.23. The van der Waals surface area contributed by atoms with Gasteiger partial charge in [0.25, 0.3) is 0 Å². The summed E-state index contributed by atoms with van der Waals surface area (Å²) in [6.45, 7) is 6.43. The van der Waals surface area contributed by atoms with Crippen LogP contribution in [0.2, 0.25) is 0 Å². The van der Waals surface area contributed by atoms with Gasteiger partial charge in [-0.3, -0.25) is 4.79 Å². The van der Waals surface area contributed by atoms with Gasteiger partial charge in [0.15, 0.2) is 0 Å². The summed E-state index contributed by atoms with van der Waals surface area (Å²) in [5.41, 5.74) is 0. The Hall–Kier alpha value is -0.220. The molecule has 0 aromatic carbocycles. The first-order valence-electron chi connectivity index (χ1n) is 6.51. The fourth-order valence-electron chi connectivity index (χ4n) is 2.08. The van der Waals surface area contributed by atoms with E-state index in [1.54, 1.807) is 11.8 Å². The van der Waals surface area contributed by atoms with E-state index in [1.807, 2.05) is 7.05 Å². The molecule has 0 spiro atoms. The summed E-state index contributed by atoms with van der Waals surface area (Å²) < 4.78 is 0.168. The Morgan fingerprint density at radius 2 is 1.71 bits per heavy atom. The Morgan fingerprint density at radius 1 is 1.18 bits per heavy atom. The first-order chi connectivity index (χ1) is 7.90. The third-order valence-electron chi connectivity index (χ3n) is 3.14. The van der Waals surface area contributed by atoms with Crippen molar-refractivity contribution in [3.63, 3.8) is 0 Å². The van der Waals surface area contributed by atoms with E-state index >= 15 is 0 Å². The van der Waals surface area contributed by atoms with Crippen LogP contribution in [0, 0.1) is 0 Å². The molecule has 1 amide bonds. The minimum atomic E-state index is 0.168. The molecule has 17 heavy (non-hydrogen) atoms. The van der Waals surface area contributed by atoms with Gasteiger partial charge in [-0.25, -0.2) is 0 Å². The van der Waals surface area contributed by atoms with Gasteiger partial charge in [-0.1, -0.05) is 20.8 Å². The van der Waals surface area contributed by atoms with Crippen molar-refractivity contribution >= 4 is 17.7 Å². The molecule has 0 heterocycles. The molecule has 0 aromatic heterocycles. The van der Waals surface area contributed by atoms with Crippen LogP contribution in [-0.4, -0.2) is 35.5 Å². The summed E-state index contributed by atoms with van der Waals surface area (Å²) in [5, 5.41) is 6.45. The van der Waals surface area contributed by atoms with Crippen molar-refractivity contribution in [1.29, 1.82) is 0 Å². The maximum Gasteiger partial charge on any atom is 0.230 e. The SMILES string of the molecule is CNC1CCC(NC(=O)CSC(C)(C)C)CC1. The highest BCUT2D eigenvalue weighted by atomic mass is 32.2. The minimum absolute atomic E-state index is 0.168. The van der Waals surface area contributed by atoms with E-state index in [9.17, 15) is 4.79 Å². The lowest BCUT2D eigenvalue weighted by atomic mass is 9.91. The molecule has 3 nitrogen and oxygen atoms in total. The largest absolute Gasteiger partial charge is 0.353 e. The van der Waals surface area contributed by atoms with Crippen LogP contribution in [0.3, 0.4) is 0 Å². The second kappa shape index (κ2) is 6.64. The molecule has 1 fully saturated rings. The average Bonchev–Trinajstić information content (AvgIpc) is 2.27. The lowest BCUT2D eigenvalue weighted by molar-refractivity contribution is -0.119. The molecule has 1 aliphatic rings. The van der Waals surface area contributed by atoms with Gasteiger partial charge in [0, 0.05) is 16.8 Å². The summed E-state index contributed by atoms with van der Waals surface area (Å²) in [4.78, 5) is 11.8. The maximum atomic E-state index is 11.8. The van der Waals surface area contributed by atoms with Crippen molar-refractivity contribution in [2.24, 2.45) is 0 Å². The normalized spacial score (nSPS) is 25.6. The van der Waals surface area contributed by atoms with E-state index in [1.165, 1.54) is 12.8 Å². The number of hydrogen-bond acceptors (Lipinski definition) is 3. The smallest absolute Gasteiger partial charge is 0.230 e. The molecule has 1 rings (SSSR count). The second-order valence-electron chi connectivity index (χ2n) is 5.81. The average molecular weight is 258 g/mol. The fraction of sp³-hybridized carbons (Fsp3) is 0.923. The molecule has 0 saturated heterocycles. The molecule has 0 unspecified atom stereocenters. The molecule has 1 aliphatic carbocycles. The van der Waals surface area contributed by atoms with Gasteiger partial charge in [-0.05, 0) is 32.7 Å². The number of amides is 1. The Bertz CT molecular complexity index is 242. The predicted molar refractivity (Wildman–Crippen MR) is 75.5 cm³/mol. The van der Waals surface area contributed by atoms with E-state index in [2.05, 4.69) is 31.4 Å². The Balaban J connectivity index is 2.19. The van der Waals surface area contributed by atoms with Crippen LogP contribution in [0.1, 0.15) is 46.5 Å². The first-order valence-corrected chi connectivity index (χ1v) is 7.50. The zero-order valence-corrected chi connectivity index (χ0v) is 12.3. The molecule has 0 aromatic rings. The number of carbonyl (C=O) groups is 1. The van der Waals surface area contributed by atoms with Crippen molar-refractivity contribution in [1.82, 2.24) is 10.6 Å². The molecule has 0 radical (unpaired) electrons. The van der Waals surface area contributed by atoms with Crippen LogP contribution in [-0.2, 0) is 4.79 Å². The zero-order valence-electron chi connectivity index (χ0n) is 11.5. The zero-order chi connectivity index (χ0) is 12.9. The van der Waals surface area contributed by atoms with Gasteiger partial charge in [-0.15, -0.1) is 11.8 Å². The lowest BCUT2D eigenvalue weighted by Crippen LogP contribution is -2.42. The van der Waals surface area contributed by atoms with Crippen molar-refractivity contribution < 1.29 is 4.79 Å². The van der Waals surface area contributed by atoms with Gasteiger partial charge in [0.1, 0.15) is 0 Å². The van der Waals surface area contributed by atoms with Gasteiger partial charge in [0.2, 0.25) is 5.91 Å². The van der Waals surface area contributed by atoms with Crippen LogP contribution in [0.5, 0.6) is 0 Å². The summed E-state index contributed by atoms with van der Waals surface area (Å²) in [7, 11) is 2.02. The monoisotopic (exact) mass is 258 g/mol. The molecule has 4 heteroatoms. The fourth-order valence-corrected chi connectivity index (χ4v) is 2.73. The molecule has 100 valence electrons. The van der Waals surface area contributed by atoms with E-state index in [4.69, 9.17) is 0 Å².